The smallest absolute Gasteiger partial charge is 0.200 e. The van der Waals surface area contributed by atoms with E-state index in [1.54, 1.807) is 0 Å². The van der Waals surface area contributed by atoms with Crippen molar-refractivity contribution in [3.8, 4) is 11.4 Å². The molecule has 134 valence electrons. The summed E-state index contributed by atoms with van der Waals surface area (Å²) in [5, 5.41) is 6.76. The molecule has 1 aromatic rings. The van der Waals surface area contributed by atoms with Gasteiger partial charge in [-0.25, -0.2) is 4.98 Å². The van der Waals surface area contributed by atoms with Gasteiger partial charge in [0.2, 0.25) is 5.95 Å². The van der Waals surface area contributed by atoms with Crippen molar-refractivity contribution in [3.05, 3.63) is 53.9 Å². The Hall–Kier alpha value is -2.15. The van der Waals surface area contributed by atoms with Crippen LogP contribution in [0.1, 0.15) is 36.1 Å². The van der Waals surface area contributed by atoms with Gasteiger partial charge in [0.05, 0.1) is 11.4 Å². The van der Waals surface area contributed by atoms with Gasteiger partial charge in [0.1, 0.15) is 5.69 Å². The van der Waals surface area contributed by atoms with E-state index in [0.717, 1.165) is 42.4 Å². The maximum absolute atomic E-state index is 4.79. The number of piperidine rings is 1. The van der Waals surface area contributed by atoms with Crippen LogP contribution in [-0.2, 0) is 0 Å². The van der Waals surface area contributed by atoms with Gasteiger partial charge in [-0.05, 0) is 31.0 Å². The number of nitrogens with one attached hydrogen (secondary N) is 3. The highest BCUT2D eigenvalue weighted by Gasteiger charge is 2.28. The maximum atomic E-state index is 4.79. The lowest BCUT2D eigenvalue weighted by Crippen LogP contribution is -2.31. The van der Waals surface area contributed by atoms with Crippen molar-refractivity contribution in [3.63, 3.8) is 0 Å². The number of fused-ring (bicyclic) bond motifs is 1. The number of aromatic amines is 1. The largest absolute Gasteiger partial charge is 0.412 e. The van der Waals surface area contributed by atoms with E-state index in [-0.39, 0.29) is 17.9 Å². The monoisotopic (exact) mass is 361 g/mol. The molecule has 0 saturated carbocycles. The quantitative estimate of drug-likeness (QED) is 0.668. The van der Waals surface area contributed by atoms with Gasteiger partial charge in [-0.2, -0.15) is 0 Å². The van der Waals surface area contributed by atoms with Crippen LogP contribution in [0.4, 0.5) is 5.95 Å². The molecule has 4 rings (SSSR count). The molecule has 0 aromatic heterocycles. The van der Waals surface area contributed by atoms with Crippen LogP contribution in [-0.4, -0.2) is 34.0 Å². The first-order valence-electron chi connectivity index (χ1n) is 8.16. The fourth-order valence-corrected chi connectivity index (χ4v) is 3.48. The van der Waals surface area contributed by atoms with E-state index >= 15 is 0 Å². The number of hydrogen-bond donors (Lipinski definition) is 3. The van der Waals surface area contributed by atoms with E-state index in [1.807, 2.05) is 19.3 Å². The number of aromatic nitrogens is 3. The predicted molar refractivity (Wildman–Crippen MR) is 103 cm³/mol. The Balaban J connectivity index is 0.00000113. The first-order chi connectivity index (χ1) is 11.3. The summed E-state index contributed by atoms with van der Waals surface area (Å²) in [6.07, 6.45) is 3.99. The van der Waals surface area contributed by atoms with Crippen molar-refractivity contribution in [1.29, 1.82) is 0 Å². The normalized spacial score (nSPS) is 19.7. The van der Waals surface area contributed by atoms with Crippen molar-refractivity contribution < 1.29 is 5.48 Å². The van der Waals surface area contributed by atoms with Crippen LogP contribution in [0.15, 0.2) is 42.6 Å². The third-order valence-electron chi connectivity index (χ3n) is 4.66. The summed E-state index contributed by atoms with van der Waals surface area (Å²) in [4.78, 5) is 12.6. The van der Waals surface area contributed by atoms with Gasteiger partial charge in [0.15, 0.2) is 0 Å². The summed E-state index contributed by atoms with van der Waals surface area (Å²) < 4.78 is 0. The van der Waals surface area contributed by atoms with Crippen LogP contribution in [0, 0.1) is 0 Å². The molecular formula is C18H24ClN5O. The van der Waals surface area contributed by atoms with E-state index in [4.69, 9.17) is 4.98 Å². The fraction of sp³-hybridized carbons (Fsp3) is 0.333. The van der Waals surface area contributed by atoms with Gasteiger partial charge in [0, 0.05) is 25.2 Å². The molecule has 0 aliphatic carbocycles. The van der Waals surface area contributed by atoms with Gasteiger partial charge in [-0.15, -0.1) is 12.4 Å². The minimum absolute atomic E-state index is 0. The molecule has 3 heterocycles. The summed E-state index contributed by atoms with van der Waals surface area (Å²) in [6.45, 7) is 1.00. The molecule has 1 saturated heterocycles. The Morgan fingerprint density at radius 2 is 1.96 bits per heavy atom. The molecule has 0 radical (unpaired) electrons. The molecular weight excluding hydrogens is 338 g/mol. The minimum Gasteiger partial charge on any atom is -0.412 e. The summed E-state index contributed by atoms with van der Waals surface area (Å²) >= 11 is 0. The molecule has 3 aliphatic rings. The zero-order chi connectivity index (χ0) is 15.6. The van der Waals surface area contributed by atoms with Gasteiger partial charge >= 0.3 is 0 Å². The van der Waals surface area contributed by atoms with E-state index in [0.29, 0.717) is 12.0 Å². The van der Waals surface area contributed by atoms with E-state index in [2.05, 4.69) is 50.9 Å². The molecule has 0 amide bonds. The Kier molecular flexibility index (Phi) is 6.36. The fourth-order valence-electron chi connectivity index (χ4n) is 3.48. The number of H-pyrrole nitrogens is 1. The van der Waals surface area contributed by atoms with Crippen LogP contribution >= 0.6 is 12.4 Å². The first-order valence-corrected chi connectivity index (χ1v) is 8.16. The van der Waals surface area contributed by atoms with Crippen LogP contribution in [0.5, 0.6) is 0 Å². The second-order valence-corrected chi connectivity index (χ2v) is 6.07. The summed E-state index contributed by atoms with van der Waals surface area (Å²) in [7, 11) is 1.89. The third-order valence-corrected chi connectivity index (χ3v) is 4.66. The van der Waals surface area contributed by atoms with Gasteiger partial charge in [-0.3, -0.25) is 4.98 Å². The lowest BCUT2D eigenvalue weighted by atomic mass is 9.85. The number of benzene rings is 1. The molecule has 6 nitrogen and oxygen atoms in total. The molecule has 2 unspecified atom stereocenters. The standard InChI is InChI=1S/C18H21N5.ClH.H2O/c1-19-18-22-14-8-10-21-17(14)16(23-18)13-7-9-20-15(11-13)12-5-3-2-4-6-12;;/h2-6,8,10,13,15,20H,7,9,11H2,1H3,(H2,19,22,23);1H;1H2. The highest BCUT2D eigenvalue weighted by molar-refractivity contribution is 5.85. The third kappa shape index (κ3) is 3.76. The second kappa shape index (κ2) is 8.29. The van der Waals surface area contributed by atoms with Crippen molar-refractivity contribution in [2.45, 2.75) is 24.8 Å². The Labute approximate surface area is 153 Å². The molecule has 0 spiro atoms. The first kappa shape index (κ1) is 19.2. The molecule has 1 aromatic carbocycles. The van der Waals surface area contributed by atoms with Crippen LogP contribution in [0.2, 0.25) is 0 Å². The number of anilines is 1. The summed E-state index contributed by atoms with van der Waals surface area (Å²) in [5.41, 5.74) is 4.51. The van der Waals surface area contributed by atoms with Crippen LogP contribution in [0.25, 0.3) is 11.4 Å². The SMILES string of the molecule is CNc1nc(C2CCNC(c3ccccc3)C2)c2nccc-2[nH]1.Cl.O. The van der Waals surface area contributed by atoms with E-state index in [9.17, 15) is 0 Å². The lowest BCUT2D eigenvalue weighted by Gasteiger charge is -2.31. The summed E-state index contributed by atoms with van der Waals surface area (Å²) in [5.74, 6) is 1.22. The average Bonchev–Trinajstić information content (AvgIpc) is 3.10. The Bertz CT molecular complexity index is 763. The number of rotatable bonds is 3. The number of hydrogen-bond acceptors (Lipinski definition) is 4. The van der Waals surface area contributed by atoms with Crippen molar-refractivity contribution in [1.82, 2.24) is 20.3 Å². The van der Waals surface area contributed by atoms with Gasteiger partial charge in [-0.1, -0.05) is 30.3 Å². The van der Waals surface area contributed by atoms with Crippen molar-refractivity contribution in [2.75, 3.05) is 18.9 Å². The van der Waals surface area contributed by atoms with Crippen molar-refractivity contribution in [2.24, 2.45) is 0 Å². The number of nitrogens with zero attached hydrogens (tertiary/aromatic N) is 2. The van der Waals surface area contributed by atoms with Gasteiger partial charge < -0.3 is 21.1 Å². The molecule has 5 N–H and O–H groups in total. The van der Waals surface area contributed by atoms with E-state index in [1.165, 1.54) is 5.56 Å². The predicted octanol–water partition coefficient (Wildman–Crippen LogP) is 2.76. The average molecular weight is 362 g/mol. The van der Waals surface area contributed by atoms with Crippen LogP contribution < -0.4 is 10.6 Å². The van der Waals surface area contributed by atoms with E-state index < -0.39 is 0 Å². The second-order valence-electron chi connectivity index (χ2n) is 6.07. The highest BCUT2D eigenvalue weighted by atomic mass is 35.5. The summed E-state index contributed by atoms with van der Waals surface area (Å²) in [6, 6.07) is 13.1. The lowest BCUT2D eigenvalue weighted by molar-refractivity contribution is 0.365. The molecule has 2 atom stereocenters. The van der Waals surface area contributed by atoms with Crippen LogP contribution in [0.3, 0.4) is 0 Å². The molecule has 7 heteroatoms. The highest BCUT2D eigenvalue weighted by Crippen LogP contribution is 2.37. The Morgan fingerprint density at radius 1 is 1.16 bits per heavy atom. The topological polar surface area (TPSA) is 97.1 Å². The van der Waals surface area contributed by atoms with Gasteiger partial charge in [0.25, 0.3) is 0 Å². The Morgan fingerprint density at radius 3 is 2.72 bits per heavy atom. The molecule has 0 bridgehead atoms. The maximum Gasteiger partial charge on any atom is 0.200 e. The molecule has 25 heavy (non-hydrogen) atoms. The zero-order valence-corrected chi connectivity index (χ0v) is 14.9. The number of halogens is 1. The molecule has 1 fully saturated rings. The zero-order valence-electron chi connectivity index (χ0n) is 14.1. The molecule has 3 aliphatic heterocycles. The van der Waals surface area contributed by atoms with Crippen molar-refractivity contribution >= 4 is 18.4 Å². The minimum atomic E-state index is 0.